The third kappa shape index (κ3) is 0.782. The molecule has 0 heterocycles. The van der Waals surface area contributed by atoms with Crippen LogP contribution in [-0.4, -0.2) is 15.5 Å². The van der Waals surface area contributed by atoms with Gasteiger partial charge < -0.3 is 5.11 Å². The van der Waals surface area contributed by atoms with Gasteiger partial charge in [-0.15, -0.1) is 0 Å². The van der Waals surface area contributed by atoms with E-state index in [1.54, 1.807) is 0 Å². The zero-order valence-corrected chi connectivity index (χ0v) is 7.76. The number of rotatable bonds is 0. The summed E-state index contributed by atoms with van der Waals surface area (Å²) in [5, 5.41) is 9.83. The molecule has 2 rings (SSSR count). The number of hydrogen-bond acceptors (Lipinski definition) is 1. The molecule has 0 aromatic rings. The van der Waals surface area contributed by atoms with Gasteiger partial charge >= 0.3 is 0 Å². The second-order valence-electron chi connectivity index (χ2n) is 3.95. The molecule has 2 aliphatic rings. The van der Waals surface area contributed by atoms with Gasteiger partial charge in [0.05, 0.1) is 5.60 Å². The fourth-order valence-electron chi connectivity index (χ4n) is 2.59. The smallest absolute Gasteiger partial charge is 0.0661 e. The molecule has 2 saturated carbocycles. The summed E-state index contributed by atoms with van der Waals surface area (Å²) < 4.78 is 0. The van der Waals surface area contributed by atoms with Crippen LogP contribution in [0.2, 0.25) is 0 Å². The van der Waals surface area contributed by atoms with Crippen LogP contribution in [0.4, 0.5) is 0 Å². The van der Waals surface area contributed by atoms with Crippen LogP contribution in [0.15, 0.2) is 0 Å². The van der Waals surface area contributed by atoms with Crippen LogP contribution in [-0.2, 0) is 0 Å². The molecule has 0 aromatic heterocycles. The number of alkyl halides is 1. The van der Waals surface area contributed by atoms with E-state index in [4.69, 9.17) is 0 Å². The van der Waals surface area contributed by atoms with Gasteiger partial charge in [0.15, 0.2) is 0 Å². The molecule has 58 valence electrons. The third-order valence-electron chi connectivity index (χ3n) is 3.16. The van der Waals surface area contributed by atoms with Gasteiger partial charge in [-0.1, -0.05) is 15.9 Å². The quantitative estimate of drug-likeness (QED) is 0.599. The summed E-state index contributed by atoms with van der Waals surface area (Å²) in [6.45, 7) is 1.98. The minimum absolute atomic E-state index is 0.364. The maximum absolute atomic E-state index is 9.83. The highest BCUT2D eigenvalue weighted by Gasteiger charge is 2.52. The van der Waals surface area contributed by atoms with E-state index in [9.17, 15) is 5.11 Å². The predicted molar refractivity (Wildman–Crippen MR) is 44.2 cm³/mol. The Morgan fingerprint density at radius 3 is 2.40 bits per heavy atom. The fourth-order valence-corrected chi connectivity index (χ4v) is 3.88. The molecule has 2 bridgehead atoms. The predicted octanol–water partition coefficient (Wildman–Crippen LogP) is 1.93. The fraction of sp³-hybridized carbons (Fsp3) is 1.00. The van der Waals surface area contributed by atoms with E-state index < -0.39 is 0 Å². The molecule has 0 aromatic carbocycles. The summed E-state index contributed by atoms with van der Waals surface area (Å²) in [6.07, 6.45) is 3.54. The lowest BCUT2D eigenvalue weighted by Crippen LogP contribution is -2.32. The normalized spacial score (nSPS) is 59.7. The molecule has 3 unspecified atom stereocenters. The van der Waals surface area contributed by atoms with Crippen LogP contribution >= 0.6 is 15.9 Å². The molecule has 2 aliphatic carbocycles. The van der Waals surface area contributed by atoms with Gasteiger partial charge in [0.25, 0.3) is 0 Å². The minimum Gasteiger partial charge on any atom is -0.390 e. The van der Waals surface area contributed by atoms with E-state index in [0.29, 0.717) is 10.7 Å². The topological polar surface area (TPSA) is 20.2 Å². The van der Waals surface area contributed by atoms with Crippen molar-refractivity contribution < 1.29 is 5.11 Å². The monoisotopic (exact) mass is 204 g/mol. The Bertz CT molecular complexity index is 155. The minimum atomic E-state index is -0.364. The molecule has 0 aliphatic heterocycles. The standard InChI is InChI=1S/C8H13BrO/c1-8(10)4-5-2-3-6(8)7(5)9/h5-7,10H,2-4H2,1H3/t5?,6?,7?,8-/m0/s1. The van der Waals surface area contributed by atoms with E-state index >= 15 is 0 Å². The summed E-state index contributed by atoms with van der Waals surface area (Å²) >= 11 is 3.65. The first-order chi connectivity index (χ1) is 4.61. The van der Waals surface area contributed by atoms with E-state index in [2.05, 4.69) is 15.9 Å². The summed E-state index contributed by atoms with van der Waals surface area (Å²) in [4.78, 5) is 0.600. The van der Waals surface area contributed by atoms with Crippen LogP contribution in [0.5, 0.6) is 0 Å². The SMILES string of the molecule is C[C@]1(O)CC2CCC1C2Br. The summed E-state index contributed by atoms with van der Waals surface area (Å²) in [5.74, 6) is 1.28. The highest BCUT2D eigenvalue weighted by molar-refractivity contribution is 9.09. The zero-order valence-electron chi connectivity index (χ0n) is 6.18. The molecule has 1 N–H and O–H groups in total. The van der Waals surface area contributed by atoms with Crippen molar-refractivity contribution in [2.45, 2.75) is 36.6 Å². The largest absolute Gasteiger partial charge is 0.390 e. The summed E-state index contributed by atoms with van der Waals surface area (Å²) in [6, 6.07) is 0. The Balaban J connectivity index is 2.24. The molecule has 10 heavy (non-hydrogen) atoms. The van der Waals surface area contributed by atoms with Crippen molar-refractivity contribution in [2.75, 3.05) is 0 Å². The molecule has 0 spiro atoms. The van der Waals surface area contributed by atoms with Crippen LogP contribution in [0.1, 0.15) is 26.2 Å². The summed E-state index contributed by atoms with van der Waals surface area (Å²) in [7, 11) is 0. The Hall–Kier alpha value is 0.440. The van der Waals surface area contributed by atoms with Crippen molar-refractivity contribution in [3.8, 4) is 0 Å². The van der Waals surface area contributed by atoms with Crippen molar-refractivity contribution in [2.24, 2.45) is 11.8 Å². The van der Waals surface area contributed by atoms with Gasteiger partial charge in [-0.2, -0.15) is 0 Å². The first-order valence-electron chi connectivity index (χ1n) is 3.98. The van der Waals surface area contributed by atoms with Crippen LogP contribution in [0.3, 0.4) is 0 Å². The van der Waals surface area contributed by atoms with Crippen LogP contribution in [0.25, 0.3) is 0 Å². The zero-order chi connectivity index (χ0) is 7.35. The highest BCUT2D eigenvalue weighted by Crippen LogP contribution is 2.53. The van der Waals surface area contributed by atoms with Crippen molar-refractivity contribution in [3.63, 3.8) is 0 Å². The van der Waals surface area contributed by atoms with Gasteiger partial charge in [0.1, 0.15) is 0 Å². The third-order valence-corrected chi connectivity index (χ3v) is 4.54. The molecular weight excluding hydrogens is 192 g/mol. The van der Waals surface area contributed by atoms with Gasteiger partial charge in [-0.05, 0) is 32.1 Å². The average molecular weight is 205 g/mol. The Morgan fingerprint density at radius 2 is 2.20 bits per heavy atom. The maximum atomic E-state index is 9.83. The molecule has 4 atom stereocenters. The van der Waals surface area contributed by atoms with E-state index in [-0.39, 0.29) is 5.60 Å². The van der Waals surface area contributed by atoms with Crippen molar-refractivity contribution in [3.05, 3.63) is 0 Å². The molecule has 1 nitrogen and oxygen atoms in total. The first kappa shape index (κ1) is 7.11. The van der Waals surface area contributed by atoms with E-state index in [0.717, 1.165) is 12.3 Å². The number of aliphatic hydroxyl groups is 1. The van der Waals surface area contributed by atoms with Crippen LogP contribution < -0.4 is 0 Å². The van der Waals surface area contributed by atoms with Gasteiger partial charge in [-0.25, -0.2) is 0 Å². The first-order valence-corrected chi connectivity index (χ1v) is 4.89. The Kier molecular flexibility index (Phi) is 1.41. The van der Waals surface area contributed by atoms with Crippen LogP contribution in [0, 0.1) is 11.8 Å². The van der Waals surface area contributed by atoms with Crippen molar-refractivity contribution >= 4 is 15.9 Å². The van der Waals surface area contributed by atoms with E-state index in [1.165, 1.54) is 12.8 Å². The van der Waals surface area contributed by atoms with E-state index in [1.807, 2.05) is 6.92 Å². The molecule has 0 saturated heterocycles. The Morgan fingerprint density at radius 1 is 1.50 bits per heavy atom. The number of fused-ring (bicyclic) bond motifs is 2. The number of hydrogen-bond donors (Lipinski definition) is 1. The highest BCUT2D eigenvalue weighted by atomic mass is 79.9. The molecule has 2 heteroatoms. The van der Waals surface area contributed by atoms with Gasteiger partial charge in [0.2, 0.25) is 0 Å². The molecular formula is C8H13BrO. The second kappa shape index (κ2) is 1.98. The van der Waals surface area contributed by atoms with Crippen molar-refractivity contribution in [1.29, 1.82) is 0 Å². The second-order valence-corrected chi connectivity index (χ2v) is 5.01. The molecule has 2 fully saturated rings. The lowest BCUT2D eigenvalue weighted by molar-refractivity contribution is 0.00602. The summed E-state index contributed by atoms with van der Waals surface area (Å²) in [5.41, 5.74) is -0.364. The van der Waals surface area contributed by atoms with Crippen molar-refractivity contribution in [1.82, 2.24) is 0 Å². The number of halogens is 1. The average Bonchev–Trinajstić information content (AvgIpc) is 2.21. The maximum Gasteiger partial charge on any atom is 0.0661 e. The Labute approximate surface area is 69.9 Å². The lowest BCUT2D eigenvalue weighted by Gasteiger charge is -2.27. The lowest BCUT2D eigenvalue weighted by atomic mass is 9.86. The molecule has 0 amide bonds. The molecule has 0 radical (unpaired) electrons. The van der Waals surface area contributed by atoms with Gasteiger partial charge in [0, 0.05) is 10.7 Å². The van der Waals surface area contributed by atoms with Gasteiger partial charge in [-0.3, -0.25) is 0 Å².